The number of halogens is 1. The quantitative estimate of drug-likeness (QED) is 0.398. The first kappa shape index (κ1) is 17.5. The first-order valence-electron chi connectivity index (χ1n) is 9.97. The van der Waals surface area contributed by atoms with Gasteiger partial charge in [0.1, 0.15) is 5.75 Å². The average molecular weight is 412 g/mol. The SMILES string of the molecule is Clc1ccc2c(c1)[C@H]1CC(c3ccc4ccccc4c3)=NN1[C@H](c1ccncc1)O2. The number of hydrogen-bond donors (Lipinski definition) is 0. The van der Waals surface area contributed by atoms with Crippen LogP contribution in [0, 0.1) is 0 Å². The molecule has 2 atom stereocenters. The number of fused-ring (bicyclic) bond motifs is 4. The van der Waals surface area contributed by atoms with Crippen molar-refractivity contribution in [1.82, 2.24) is 9.99 Å². The topological polar surface area (TPSA) is 37.7 Å². The van der Waals surface area contributed by atoms with E-state index in [1.807, 2.05) is 30.3 Å². The van der Waals surface area contributed by atoms with Crippen molar-refractivity contribution in [3.05, 3.63) is 107 Å². The highest BCUT2D eigenvalue weighted by Crippen LogP contribution is 2.48. The van der Waals surface area contributed by atoms with Crippen LogP contribution in [0.5, 0.6) is 5.75 Å². The lowest BCUT2D eigenvalue weighted by Gasteiger charge is -2.38. The molecule has 6 rings (SSSR count). The fourth-order valence-electron chi connectivity index (χ4n) is 4.35. The van der Waals surface area contributed by atoms with Crippen LogP contribution in [0.1, 0.15) is 35.4 Å². The molecule has 5 heteroatoms. The molecule has 3 heterocycles. The standard InChI is InChI=1S/C25H18ClN3O/c26-20-7-8-24-21(14-20)23-15-22(19-6-5-16-3-1-2-4-18(16)13-19)28-29(23)25(30-24)17-9-11-27-12-10-17/h1-14,23,25H,15H2/t23-,25+/m1/s1. The van der Waals surface area contributed by atoms with Gasteiger partial charge >= 0.3 is 0 Å². The van der Waals surface area contributed by atoms with Gasteiger partial charge in [-0.25, -0.2) is 5.01 Å². The highest BCUT2D eigenvalue weighted by atomic mass is 35.5. The van der Waals surface area contributed by atoms with Gasteiger partial charge in [-0.15, -0.1) is 0 Å². The van der Waals surface area contributed by atoms with E-state index < -0.39 is 0 Å². The van der Waals surface area contributed by atoms with E-state index >= 15 is 0 Å². The molecular formula is C25H18ClN3O. The van der Waals surface area contributed by atoms with Crippen LogP contribution in [-0.2, 0) is 0 Å². The van der Waals surface area contributed by atoms with E-state index in [0.717, 1.165) is 34.6 Å². The van der Waals surface area contributed by atoms with Gasteiger partial charge in [-0.1, -0.05) is 48.0 Å². The summed E-state index contributed by atoms with van der Waals surface area (Å²) in [6, 6.07) is 24.8. The van der Waals surface area contributed by atoms with Gasteiger partial charge in [-0.2, -0.15) is 5.10 Å². The van der Waals surface area contributed by atoms with E-state index in [4.69, 9.17) is 21.4 Å². The van der Waals surface area contributed by atoms with Gasteiger partial charge in [0.2, 0.25) is 6.23 Å². The zero-order valence-corrected chi connectivity index (χ0v) is 16.8. The van der Waals surface area contributed by atoms with Crippen LogP contribution in [0.4, 0.5) is 0 Å². The molecule has 0 aliphatic carbocycles. The molecule has 3 aromatic carbocycles. The van der Waals surface area contributed by atoms with Crippen LogP contribution < -0.4 is 4.74 Å². The molecule has 0 bridgehead atoms. The van der Waals surface area contributed by atoms with E-state index in [1.165, 1.54) is 10.8 Å². The molecule has 0 spiro atoms. The van der Waals surface area contributed by atoms with Gasteiger partial charge < -0.3 is 4.74 Å². The molecule has 0 radical (unpaired) electrons. The molecule has 0 amide bonds. The Kier molecular flexibility index (Phi) is 3.99. The first-order valence-corrected chi connectivity index (χ1v) is 10.3. The number of hydrazone groups is 1. The van der Waals surface area contributed by atoms with Gasteiger partial charge in [0.05, 0.1) is 11.8 Å². The lowest BCUT2D eigenvalue weighted by Crippen LogP contribution is -2.33. The maximum Gasteiger partial charge on any atom is 0.213 e. The lowest BCUT2D eigenvalue weighted by atomic mass is 9.95. The molecule has 0 N–H and O–H groups in total. The van der Waals surface area contributed by atoms with Crippen molar-refractivity contribution in [1.29, 1.82) is 0 Å². The second kappa shape index (κ2) is 6.85. The Morgan fingerprint density at radius 3 is 2.60 bits per heavy atom. The third kappa shape index (κ3) is 2.84. The molecular weight excluding hydrogens is 394 g/mol. The molecule has 1 aromatic heterocycles. The van der Waals surface area contributed by atoms with Crippen molar-refractivity contribution in [3.8, 4) is 5.75 Å². The highest BCUT2D eigenvalue weighted by molar-refractivity contribution is 6.30. The summed E-state index contributed by atoms with van der Waals surface area (Å²) >= 11 is 6.32. The Balaban J connectivity index is 1.46. The van der Waals surface area contributed by atoms with Gasteiger partial charge in [0.15, 0.2) is 0 Å². The number of nitrogens with zero attached hydrogens (tertiary/aromatic N) is 3. The Morgan fingerprint density at radius 1 is 0.900 bits per heavy atom. The minimum atomic E-state index is -0.301. The molecule has 0 unspecified atom stereocenters. The van der Waals surface area contributed by atoms with Crippen LogP contribution in [-0.4, -0.2) is 15.7 Å². The number of ether oxygens (including phenoxy) is 1. The third-order valence-corrected chi connectivity index (χ3v) is 6.06. The Labute approximate surface area is 179 Å². The summed E-state index contributed by atoms with van der Waals surface area (Å²) in [5, 5.41) is 10.3. The Morgan fingerprint density at radius 2 is 1.73 bits per heavy atom. The average Bonchev–Trinajstić information content (AvgIpc) is 3.25. The van der Waals surface area contributed by atoms with Gasteiger partial charge in [0, 0.05) is 35.0 Å². The lowest BCUT2D eigenvalue weighted by molar-refractivity contribution is -0.0190. The predicted octanol–water partition coefficient (Wildman–Crippen LogP) is 6.13. The van der Waals surface area contributed by atoms with E-state index in [0.29, 0.717) is 5.02 Å². The third-order valence-electron chi connectivity index (χ3n) is 5.83. The van der Waals surface area contributed by atoms with Crippen LogP contribution in [0.2, 0.25) is 5.02 Å². The minimum Gasteiger partial charge on any atom is -0.464 e. The largest absolute Gasteiger partial charge is 0.464 e. The summed E-state index contributed by atoms with van der Waals surface area (Å²) in [6.07, 6.45) is 4.07. The molecule has 2 aliphatic heterocycles. The normalized spacial score (nSPS) is 19.8. The fraction of sp³-hybridized carbons (Fsp3) is 0.120. The first-order chi connectivity index (χ1) is 14.8. The summed E-state index contributed by atoms with van der Waals surface area (Å²) < 4.78 is 6.37. The number of rotatable bonds is 2. The van der Waals surface area contributed by atoms with Crippen molar-refractivity contribution in [2.24, 2.45) is 5.10 Å². The molecule has 30 heavy (non-hydrogen) atoms. The number of hydrogen-bond acceptors (Lipinski definition) is 4. The highest BCUT2D eigenvalue weighted by Gasteiger charge is 2.41. The Bertz CT molecular complexity index is 1290. The second-order valence-electron chi connectivity index (χ2n) is 7.64. The molecule has 0 fully saturated rings. The van der Waals surface area contributed by atoms with E-state index in [1.54, 1.807) is 12.4 Å². The fourth-order valence-corrected chi connectivity index (χ4v) is 4.53. The molecule has 0 saturated heterocycles. The molecule has 0 saturated carbocycles. The zero-order chi connectivity index (χ0) is 20.1. The number of pyridine rings is 1. The van der Waals surface area contributed by atoms with Gasteiger partial charge in [-0.3, -0.25) is 4.98 Å². The molecule has 4 aromatic rings. The number of benzene rings is 3. The molecule has 2 aliphatic rings. The van der Waals surface area contributed by atoms with E-state index in [9.17, 15) is 0 Å². The van der Waals surface area contributed by atoms with E-state index in [2.05, 4.69) is 52.5 Å². The smallest absolute Gasteiger partial charge is 0.213 e. The maximum atomic E-state index is 6.37. The predicted molar refractivity (Wildman–Crippen MR) is 119 cm³/mol. The minimum absolute atomic E-state index is 0.0760. The van der Waals surface area contributed by atoms with Crippen molar-refractivity contribution in [2.75, 3.05) is 0 Å². The van der Waals surface area contributed by atoms with Crippen molar-refractivity contribution in [2.45, 2.75) is 18.7 Å². The molecule has 146 valence electrons. The van der Waals surface area contributed by atoms with Gasteiger partial charge in [-0.05, 0) is 52.7 Å². The maximum absolute atomic E-state index is 6.37. The molecule has 4 nitrogen and oxygen atoms in total. The van der Waals surface area contributed by atoms with Gasteiger partial charge in [0.25, 0.3) is 0 Å². The van der Waals surface area contributed by atoms with Crippen LogP contribution in [0.3, 0.4) is 0 Å². The van der Waals surface area contributed by atoms with Crippen LogP contribution >= 0.6 is 11.6 Å². The van der Waals surface area contributed by atoms with Crippen LogP contribution in [0.15, 0.2) is 90.3 Å². The Hall–Kier alpha value is -3.37. The summed E-state index contributed by atoms with van der Waals surface area (Å²) in [5.41, 5.74) is 4.30. The van der Waals surface area contributed by atoms with Crippen LogP contribution in [0.25, 0.3) is 10.8 Å². The van der Waals surface area contributed by atoms with Crippen molar-refractivity contribution in [3.63, 3.8) is 0 Å². The summed E-state index contributed by atoms with van der Waals surface area (Å²) in [4.78, 5) is 4.15. The zero-order valence-electron chi connectivity index (χ0n) is 16.1. The van der Waals surface area contributed by atoms with E-state index in [-0.39, 0.29) is 12.3 Å². The summed E-state index contributed by atoms with van der Waals surface area (Å²) in [5.74, 6) is 0.859. The number of aromatic nitrogens is 1. The summed E-state index contributed by atoms with van der Waals surface area (Å²) in [6.45, 7) is 0. The van der Waals surface area contributed by atoms with Crippen molar-refractivity contribution < 1.29 is 4.74 Å². The monoisotopic (exact) mass is 411 g/mol. The van der Waals surface area contributed by atoms with Crippen molar-refractivity contribution >= 4 is 28.1 Å². The second-order valence-corrected chi connectivity index (χ2v) is 8.08. The summed E-state index contributed by atoms with van der Waals surface area (Å²) in [7, 11) is 0.